The Labute approximate surface area is 169 Å². The SMILES string of the molecule is COc1ccc(/C=C2/SC(=Nc3ccc(Cl)cc3[N+](=O)[O-])NC2=O)cc1OC. The fourth-order valence-electron chi connectivity index (χ4n) is 2.42. The van der Waals surface area contributed by atoms with Crippen LogP contribution in [0.15, 0.2) is 46.3 Å². The molecule has 0 aromatic heterocycles. The lowest BCUT2D eigenvalue weighted by atomic mass is 10.2. The zero-order valence-electron chi connectivity index (χ0n) is 14.8. The van der Waals surface area contributed by atoms with E-state index in [2.05, 4.69) is 10.3 Å². The van der Waals surface area contributed by atoms with Crippen LogP contribution in [0.5, 0.6) is 11.5 Å². The van der Waals surface area contributed by atoms with Crippen molar-refractivity contribution in [3.05, 3.63) is 62.0 Å². The third-order valence-electron chi connectivity index (χ3n) is 3.71. The van der Waals surface area contributed by atoms with Crippen molar-refractivity contribution in [3.8, 4) is 11.5 Å². The predicted molar refractivity (Wildman–Crippen MR) is 108 cm³/mol. The summed E-state index contributed by atoms with van der Waals surface area (Å²) in [7, 11) is 3.06. The number of carbonyl (C=O) groups is 1. The first-order valence-corrected chi connectivity index (χ1v) is 9.06. The number of hydrogen-bond donors (Lipinski definition) is 1. The van der Waals surface area contributed by atoms with Gasteiger partial charge in [0.1, 0.15) is 5.69 Å². The van der Waals surface area contributed by atoms with Gasteiger partial charge < -0.3 is 14.8 Å². The van der Waals surface area contributed by atoms with Crippen LogP contribution >= 0.6 is 23.4 Å². The Morgan fingerprint density at radius 1 is 1.18 bits per heavy atom. The first-order valence-electron chi connectivity index (χ1n) is 7.87. The Morgan fingerprint density at radius 3 is 2.61 bits per heavy atom. The number of nitro benzene ring substituents is 1. The van der Waals surface area contributed by atoms with Gasteiger partial charge in [-0.1, -0.05) is 17.7 Å². The van der Waals surface area contributed by atoms with Crippen molar-refractivity contribution in [1.82, 2.24) is 5.32 Å². The van der Waals surface area contributed by atoms with E-state index in [4.69, 9.17) is 21.1 Å². The van der Waals surface area contributed by atoms with Crippen LogP contribution in [0.1, 0.15) is 5.56 Å². The largest absolute Gasteiger partial charge is 0.493 e. The molecule has 0 atom stereocenters. The van der Waals surface area contributed by atoms with Gasteiger partial charge in [0.15, 0.2) is 16.7 Å². The molecule has 0 aliphatic carbocycles. The van der Waals surface area contributed by atoms with E-state index < -0.39 is 4.92 Å². The number of halogens is 1. The zero-order valence-corrected chi connectivity index (χ0v) is 16.3. The smallest absolute Gasteiger partial charge is 0.296 e. The lowest BCUT2D eigenvalue weighted by molar-refractivity contribution is -0.384. The van der Waals surface area contributed by atoms with E-state index in [1.54, 1.807) is 24.3 Å². The van der Waals surface area contributed by atoms with Crippen LogP contribution in [0.2, 0.25) is 5.02 Å². The number of aliphatic imine (C=N–C) groups is 1. The number of nitrogens with one attached hydrogen (secondary N) is 1. The summed E-state index contributed by atoms with van der Waals surface area (Å²) < 4.78 is 10.4. The number of benzene rings is 2. The van der Waals surface area contributed by atoms with Crippen molar-refractivity contribution in [3.63, 3.8) is 0 Å². The molecule has 0 radical (unpaired) electrons. The first-order chi connectivity index (χ1) is 13.4. The second-order valence-corrected chi connectivity index (χ2v) is 6.95. The molecule has 8 nitrogen and oxygen atoms in total. The van der Waals surface area contributed by atoms with Crippen LogP contribution in [0, 0.1) is 10.1 Å². The maximum atomic E-state index is 12.2. The van der Waals surface area contributed by atoms with Crippen molar-refractivity contribution in [1.29, 1.82) is 0 Å². The van der Waals surface area contributed by atoms with Crippen LogP contribution in [0.4, 0.5) is 11.4 Å². The van der Waals surface area contributed by atoms with Crippen LogP contribution in [-0.4, -0.2) is 30.2 Å². The fraction of sp³-hybridized carbons (Fsp3) is 0.111. The molecule has 1 aliphatic heterocycles. The average Bonchev–Trinajstić information content (AvgIpc) is 3.01. The van der Waals surface area contributed by atoms with Crippen LogP contribution in [0.25, 0.3) is 6.08 Å². The maximum absolute atomic E-state index is 12.2. The van der Waals surface area contributed by atoms with Gasteiger partial charge in [-0.25, -0.2) is 4.99 Å². The van der Waals surface area contributed by atoms with Crippen LogP contribution in [0.3, 0.4) is 0 Å². The molecule has 0 bridgehead atoms. The molecule has 1 heterocycles. The molecule has 1 aliphatic rings. The van der Waals surface area contributed by atoms with E-state index in [1.807, 2.05) is 0 Å². The Hall–Kier alpha value is -3.04. The molecule has 0 spiro atoms. The number of ether oxygens (including phenoxy) is 2. The van der Waals surface area contributed by atoms with Crippen molar-refractivity contribution in [2.24, 2.45) is 4.99 Å². The van der Waals surface area contributed by atoms with E-state index in [1.165, 1.54) is 32.4 Å². The summed E-state index contributed by atoms with van der Waals surface area (Å²) in [6, 6.07) is 9.38. The minimum atomic E-state index is -0.576. The molecular weight excluding hydrogens is 406 g/mol. The van der Waals surface area contributed by atoms with Gasteiger partial charge in [0.05, 0.1) is 24.0 Å². The molecule has 144 valence electrons. The molecule has 28 heavy (non-hydrogen) atoms. The number of amides is 1. The fourth-order valence-corrected chi connectivity index (χ4v) is 3.42. The van der Waals surface area contributed by atoms with Crippen molar-refractivity contribution >= 4 is 51.9 Å². The number of hydrogen-bond acceptors (Lipinski definition) is 7. The Balaban J connectivity index is 1.89. The molecule has 3 rings (SSSR count). The molecule has 0 saturated carbocycles. The summed E-state index contributed by atoms with van der Waals surface area (Å²) in [5.41, 5.74) is 0.589. The molecule has 10 heteroatoms. The number of thioether (sulfide) groups is 1. The first kappa shape index (κ1) is 19.7. The van der Waals surface area contributed by atoms with E-state index in [0.717, 1.165) is 17.3 Å². The molecule has 0 unspecified atom stereocenters. The topological polar surface area (TPSA) is 103 Å². The van der Waals surface area contributed by atoms with Crippen molar-refractivity contribution < 1.29 is 19.2 Å². The molecular formula is C18H14ClN3O5S. The summed E-state index contributed by atoms with van der Waals surface area (Å²) in [6.07, 6.45) is 1.67. The van der Waals surface area contributed by atoms with Gasteiger partial charge >= 0.3 is 0 Å². The van der Waals surface area contributed by atoms with Gasteiger partial charge in [-0.2, -0.15) is 0 Å². The van der Waals surface area contributed by atoms with Crippen molar-refractivity contribution in [2.45, 2.75) is 0 Å². The minimum absolute atomic E-state index is 0.101. The number of methoxy groups -OCH3 is 2. The highest BCUT2D eigenvalue weighted by Crippen LogP contribution is 2.34. The summed E-state index contributed by atoms with van der Waals surface area (Å²) >= 11 is 6.88. The summed E-state index contributed by atoms with van der Waals surface area (Å²) in [5.74, 6) is 0.756. The highest BCUT2D eigenvalue weighted by Gasteiger charge is 2.25. The summed E-state index contributed by atoms with van der Waals surface area (Å²) in [4.78, 5) is 27.4. The van der Waals surface area contributed by atoms with Crippen LogP contribution in [-0.2, 0) is 4.79 Å². The van der Waals surface area contributed by atoms with Gasteiger partial charge in [-0.3, -0.25) is 14.9 Å². The van der Waals surface area contributed by atoms with E-state index in [-0.39, 0.29) is 27.5 Å². The van der Waals surface area contributed by atoms with Crippen molar-refractivity contribution in [2.75, 3.05) is 14.2 Å². The molecule has 1 amide bonds. The zero-order chi connectivity index (χ0) is 20.3. The summed E-state index contributed by atoms with van der Waals surface area (Å²) in [5, 5.41) is 14.2. The number of nitro groups is 1. The predicted octanol–water partition coefficient (Wildman–Crippen LogP) is 4.16. The summed E-state index contributed by atoms with van der Waals surface area (Å²) in [6.45, 7) is 0. The molecule has 1 saturated heterocycles. The number of amidine groups is 1. The standard InChI is InChI=1S/C18H14ClN3O5S/c1-26-14-6-3-10(7-15(14)27-2)8-16-17(23)21-18(28-16)20-12-5-4-11(19)9-13(12)22(24)25/h3-9H,1-2H3,(H,20,21,23)/b16-8+. The lowest BCUT2D eigenvalue weighted by Crippen LogP contribution is -2.19. The third-order valence-corrected chi connectivity index (χ3v) is 4.86. The lowest BCUT2D eigenvalue weighted by Gasteiger charge is -2.07. The minimum Gasteiger partial charge on any atom is -0.493 e. The molecule has 1 fully saturated rings. The molecule has 1 N–H and O–H groups in total. The Kier molecular flexibility index (Phi) is 5.86. The van der Waals surface area contributed by atoms with Gasteiger partial charge in [-0.05, 0) is 47.7 Å². The van der Waals surface area contributed by atoms with E-state index >= 15 is 0 Å². The third kappa shape index (κ3) is 4.26. The average molecular weight is 420 g/mol. The number of nitrogens with zero attached hydrogens (tertiary/aromatic N) is 2. The quantitative estimate of drug-likeness (QED) is 0.443. The van der Waals surface area contributed by atoms with Crippen LogP contribution < -0.4 is 14.8 Å². The highest BCUT2D eigenvalue weighted by molar-refractivity contribution is 8.18. The number of rotatable bonds is 5. The van der Waals surface area contributed by atoms with E-state index in [9.17, 15) is 14.9 Å². The van der Waals surface area contributed by atoms with Gasteiger partial charge in [-0.15, -0.1) is 0 Å². The second kappa shape index (κ2) is 8.32. The normalized spacial score (nSPS) is 16.3. The molecule has 2 aromatic carbocycles. The number of carbonyl (C=O) groups excluding carboxylic acids is 1. The maximum Gasteiger partial charge on any atom is 0.296 e. The van der Waals surface area contributed by atoms with Gasteiger partial charge in [0.25, 0.3) is 11.6 Å². The Bertz CT molecular complexity index is 1020. The van der Waals surface area contributed by atoms with E-state index in [0.29, 0.717) is 16.4 Å². The second-order valence-electron chi connectivity index (χ2n) is 5.49. The molecule has 2 aromatic rings. The highest BCUT2D eigenvalue weighted by atomic mass is 35.5. The van der Waals surface area contributed by atoms with Gasteiger partial charge in [0, 0.05) is 11.1 Å². The Morgan fingerprint density at radius 2 is 1.93 bits per heavy atom. The van der Waals surface area contributed by atoms with Gasteiger partial charge in [0.2, 0.25) is 0 Å². The monoisotopic (exact) mass is 419 g/mol.